The molecule has 116 valence electrons. The molecule has 1 N–H and O–H groups in total. The highest BCUT2D eigenvalue weighted by atomic mass is 19.4. The van der Waals surface area contributed by atoms with Gasteiger partial charge < -0.3 is 5.11 Å². The van der Waals surface area contributed by atoms with Gasteiger partial charge in [-0.25, -0.2) is 13.2 Å². The van der Waals surface area contributed by atoms with Crippen LogP contribution in [0.3, 0.4) is 0 Å². The molecule has 0 spiro atoms. The van der Waals surface area contributed by atoms with E-state index in [4.69, 9.17) is 0 Å². The fourth-order valence-corrected chi connectivity index (χ4v) is 1.74. The van der Waals surface area contributed by atoms with Crippen LogP contribution in [0.5, 0.6) is 5.75 Å². The second-order valence-electron chi connectivity index (χ2n) is 4.28. The first kappa shape index (κ1) is 15.9. The predicted octanol–water partition coefficient (Wildman–Crippen LogP) is 4.06. The third-order valence-electron chi connectivity index (χ3n) is 2.85. The molecule has 22 heavy (non-hydrogen) atoms. The molecule has 0 aliphatic heterocycles. The van der Waals surface area contributed by atoms with Gasteiger partial charge in [-0.15, -0.1) is 0 Å². The number of hydrogen-bond donors (Lipinski definition) is 1. The number of rotatable bonds is 2. The van der Waals surface area contributed by atoms with Gasteiger partial charge in [-0.05, 0) is 30.3 Å². The number of phenolic OH excluding ortho intramolecular Hbond substituents is 1. The molecular formula is C14H6F6O2. The third kappa shape index (κ3) is 2.76. The first-order valence-electron chi connectivity index (χ1n) is 5.71. The van der Waals surface area contributed by atoms with Crippen LogP contribution in [0.1, 0.15) is 21.5 Å². The van der Waals surface area contributed by atoms with Crippen molar-refractivity contribution in [1.82, 2.24) is 0 Å². The first-order valence-corrected chi connectivity index (χ1v) is 5.71. The average molecular weight is 320 g/mol. The maximum atomic E-state index is 13.5. The Labute approximate surface area is 119 Å². The second kappa shape index (κ2) is 5.36. The number of carbonyl (C=O) groups excluding carboxylic acids is 1. The van der Waals surface area contributed by atoms with E-state index in [0.717, 1.165) is 0 Å². The summed E-state index contributed by atoms with van der Waals surface area (Å²) < 4.78 is 77.2. The third-order valence-corrected chi connectivity index (χ3v) is 2.85. The number of benzene rings is 2. The maximum absolute atomic E-state index is 13.5. The lowest BCUT2D eigenvalue weighted by Gasteiger charge is -2.10. The Kier molecular flexibility index (Phi) is 3.87. The number of alkyl halides is 3. The van der Waals surface area contributed by atoms with E-state index in [9.17, 15) is 36.2 Å². The SMILES string of the molecule is O=C(c1cc(C(F)(F)F)ccc1O)c1ccc(F)c(F)c1F. The van der Waals surface area contributed by atoms with Crippen molar-refractivity contribution in [3.05, 3.63) is 64.5 Å². The Bertz CT molecular complexity index is 752. The Morgan fingerprint density at radius 3 is 2.14 bits per heavy atom. The van der Waals surface area contributed by atoms with Crippen molar-refractivity contribution in [2.24, 2.45) is 0 Å². The molecule has 2 rings (SSSR count). The number of hydrogen-bond acceptors (Lipinski definition) is 2. The summed E-state index contributed by atoms with van der Waals surface area (Å²) in [6.07, 6.45) is -4.80. The second-order valence-corrected chi connectivity index (χ2v) is 4.28. The van der Waals surface area contributed by atoms with Gasteiger partial charge in [-0.2, -0.15) is 13.2 Å². The summed E-state index contributed by atoms with van der Waals surface area (Å²) in [5.74, 6) is -7.58. The molecule has 0 aliphatic rings. The Morgan fingerprint density at radius 1 is 0.909 bits per heavy atom. The zero-order valence-electron chi connectivity index (χ0n) is 10.5. The highest BCUT2D eigenvalue weighted by Gasteiger charge is 2.32. The average Bonchev–Trinajstić information content (AvgIpc) is 2.43. The number of carbonyl (C=O) groups is 1. The summed E-state index contributed by atoms with van der Waals surface area (Å²) in [6, 6.07) is 2.46. The summed E-state index contributed by atoms with van der Waals surface area (Å²) >= 11 is 0. The minimum absolute atomic E-state index is 0.304. The normalized spacial score (nSPS) is 11.5. The minimum Gasteiger partial charge on any atom is -0.507 e. The fourth-order valence-electron chi connectivity index (χ4n) is 1.74. The van der Waals surface area contributed by atoms with E-state index >= 15 is 0 Å². The Hall–Kier alpha value is -2.51. The smallest absolute Gasteiger partial charge is 0.416 e. The molecule has 0 unspecified atom stereocenters. The zero-order valence-corrected chi connectivity index (χ0v) is 10.5. The molecular weight excluding hydrogens is 314 g/mol. The molecule has 0 aliphatic carbocycles. The highest BCUT2D eigenvalue weighted by Crippen LogP contribution is 2.33. The van der Waals surface area contributed by atoms with Gasteiger partial charge in [0.1, 0.15) is 5.75 Å². The minimum atomic E-state index is -4.80. The van der Waals surface area contributed by atoms with Crippen molar-refractivity contribution in [1.29, 1.82) is 0 Å². The van der Waals surface area contributed by atoms with Crippen molar-refractivity contribution >= 4 is 5.78 Å². The van der Waals surface area contributed by atoms with Crippen molar-refractivity contribution in [2.45, 2.75) is 6.18 Å². The molecule has 0 heterocycles. The molecule has 0 amide bonds. The molecule has 2 nitrogen and oxygen atoms in total. The van der Waals surface area contributed by atoms with Crippen LogP contribution in [-0.4, -0.2) is 10.9 Å². The summed E-state index contributed by atoms with van der Waals surface area (Å²) in [5, 5.41) is 9.47. The molecule has 0 bridgehead atoms. The van der Waals surface area contributed by atoms with Crippen LogP contribution < -0.4 is 0 Å². The number of halogens is 6. The topological polar surface area (TPSA) is 37.3 Å². The van der Waals surface area contributed by atoms with Crippen LogP contribution in [0.15, 0.2) is 30.3 Å². The van der Waals surface area contributed by atoms with Gasteiger partial charge in [0.15, 0.2) is 23.2 Å². The highest BCUT2D eigenvalue weighted by molar-refractivity contribution is 6.10. The molecule has 0 fully saturated rings. The largest absolute Gasteiger partial charge is 0.507 e. The van der Waals surface area contributed by atoms with Gasteiger partial charge in [0.25, 0.3) is 0 Å². The molecule has 2 aromatic carbocycles. The summed E-state index contributed by atoms with van der Waals surface area (Å²) in [5.41, 5.74) is -3.12. The van der Waals surface area contributed by atoms with Gasteiger partial charge in [-0.1, -0.05) is 0 Å². The predicted molar refractivity (Wildman–Crippen MR) is 62.9 cm³/mol. The van der Waals surface area contributed by atoms with E-state index in [1.165, 1.54) is 0 Å². The lowest BCUT2D eigenvalue weighted by Crippen LogP contribution is -2.10. The van der Waals surface area contributed by atoms with Gasteiger partial charge in [0, 0.05) is 0 Å². The lowest BCUT2D eigenvalue weighted by molar-refractivity contribution is -0.137. The Morgan fingerprint density at radius 2 is 1.55 bits per heavy atom. The number of ketones is 1. The van der Waals surface area contributed by atoms with Crippen molar-refractivity contribution in [2.75, 3.05) is 0 Å². The molecule has 0 radical (unpaired) electrons. The Balaban J connectivity index is 2.57. The quantitative estimate of drug-likeness (QED) is 0.515. The molecule has 0 aromatic heterocycles. The lowest BCUT2D eigenvalue weighted by atomic mass is 9.99. The summed E-state index contributed by atoms with van der Waals surface area (Å²) in [6.45, 7) is 0. The van der Waals surface area contributed by atoms with Crippen LogP contribution >= 0.6 is 0 Å². The van der Waals surface area contributed by atoms with E-state index in [-0.39, 0.29) is 0 Å². The molecule has 0 saturated heterocycles. The van der Waals surface area contributed by atoms with Crippen LogP contribution in [0.25, 0.3) is 0 Å². The molecule has 2 aromatic rings. The van der Waals surface area contributed by atoms with E-state index < -0.39 is 51.9 Å². The van der Waals surface area contributed by atoms with Gasteiger partial charge >= 0.3 is 6.18 Å². The van der Waals surface area contributed by atoms with Gasteiger partial charge in [0.2, 0.25) is 0 Å². The number of aromatic hydroxyl groups is 1. The van der Waals surface area contributed by atoms with Crippen molar-refractivity contribution in [3.8, 4) is 5.75 Å². The van der Waals surface area contributed by atoms with Crippen molar-refractivity contribution < 1.29 is 36.2 Å². The summed E-state index contributed by atoms with van der Waals surface area (Å²) in [4.78, 5) is 12.0. The van der Waals surface area contributed by atoms with Crippen molar-refractivity contribution in [3.63, 3.8) is 0 Å². The maximum Gasteiger partial charge on any atom is 0.416 e. The van der Waals surface area contributed by atoms with Crippen LogP contribution in [0, 0.1) is 17.5 Å². The van der Waals surface area contributed by atoms with Crippen LogP contribution in [-0.2, 0) is 6.18 Å². The van der Waals surface area contributed by atoms with E-state index in [1.807, 2.05) is 0 Å². The van der Waals surface area contributed by atoms with E-state index in [1.54, 1.807) is 0 Å². The fraction of sp³-hybridized carbons (Fsp3) is 0.0714. The summed E-state index contributed by atoms with van der Waals surface area (Å²) in [7, 11) is 0. The van der Waals surface area contributed by atoms with Crippen LogP contribution in [0.4, 0.5) is 26.3 Å². The van der Waals surface area contributed by atoms with E-state index in [2.05, 4.69) is 0 Å². The number of phenols is 1. The van der Waals surface area contributed by atoms with Crippen LogP contribution in [0.2, 0.25) is 0 Å². The standard InChI is InChI=1S/C14H6F6O2/c15-9-3-2-7(11(16)12(9)17)13(22)8-5-6(14(18,19)20)1-4-10(8)21/h1-5,21H. The first-order chi connectivity index (χ1) is 10.1. The molecule has 0 atom stereocenters. The van der Waals surface area contributed by atoms with Gasteiger partial charge in [0.05, 0.1) is 16.7 Å². The monoisotopic (exact) mass is 320 g/mol. The molecule has 0 saturated carbocycles. The molecule has 8 heteroatoms. The van der Waals surface area contributed by atoms with E-state index in [0.29, 0.717) is 30.3 Å². The zero-order chi connectivity index (χ0) is 16.7. The van der Waals surface area contributed by atoms with Gasteiger partial charge in [-0.3, -0.25) is 4.79 Å².